The molecule has 36 heavy (non-hydrogen) atoms. The number of aliphatic hydroxyl groups is 4. The van der Waals surface area contributed by atoms with E-state index in [-0.39, 0.29) is 17.7 Å². The molecule has 1 aromatic rings. The highest BCUT2D eigenvalue weighted by Crippen LogP contribution is 2.53. The van der Waals surface area contributed by atoms with Crippen LogP contribution in [0.3, 0.4) is 0 Å². The molecule has 0 unspecified atom stereocenters. The van der Waals surface area contributed by atoms with Crippen LogP contribution in [0.15, 0.2) is 47.3 Å². The van der Waals surface area contributed by atoms with Crippen LogP contribution in [-0.2, 0) is 20.8 Å². The molecule has 4 aliphatic rings. The number of nitrogens with two attached hydrogens (primary N) is 1. The number of amides is 1. The lowest BCUT2D eigenvalue weighted by atomic mass is 9.56. The molecule has 1 fully saturated rings. The molecule has 0 aromatic heterocycles. The van der Waals surface area contributed by atoms with Gasteiger partial charge in [-0.3, -0.25) is 19.3 Å². The Labute approximate surface area is 206 Å². The van der Waals surface area contributed by atoms with E-state index in [2.05, 4.69) is 0 Å². The van der Waals surface area contributed by atoms with E-state index in [0.717, 1.165) is 5.57 Å². The van der Waals surface area contributed by atoms with E-state index in [4.69, 9.17) is 5.73 Å². The molecule has 10 heteroatoms. The first-order chi connectivity index (χ1) is 16.9. The number of fused-ring (bicyclic) bond motifs is 3. The predicted octanol–water partition coefficient (Wildman–Crippen LogP) is 0.278. The van der Waals surface area contributed by atoms with Gasteiger partial charge in [-0.2, -0.15) is 0 Å². The van der Waals surface area contributed by atoms with Gasteiger partial charge in [0.15, 0.2) is 11.4 Å². The van der Waals surface area contributed by atoms with Crippen LogP contribution in [0, 0.1) is 11.8 Å². The summed E-state index contributed by atoms with van der Waals surface area (Å²) >= 11 is 0. The van der Waals surface area contributed by atoms with Crippen molar-refractivity contribution in [3.63, 3.8) is 0 Å². The molecule has 7 N–H and O–H groups in total. The van der Waals surface area contributed by atoms with E-state index in [1.807, 2.05) is 18.2 Å². The first kappa shape index (κ1) is 24.0. The molecule has 188 valence electrons. The maximum Gasteiger partial charge on any atom is 0.255 e. The summed E-state index contributed by atoms with van der Waals surface area (Å²) in [6.07, 6.45) is 4.54. The van der Waals surface area contributed by atoms with Crippen molar-refractivity contribution in [2.75, 3.05) is 14.1 Å². The fourth-order valence-corrected chi connectivity index (χ4v) is 6.14. The molecule has 1 aromatic carbocycles. The summed E-state index contributed by atoms with van der Waals surface area (Å²) in [4.78, 5) is 40.3. The maximum absolute atomic E-state index is 13.8. The minimum atomic E-state index is -2.91. The van der Waals surface area contributed by atoms with Gasteiger partial charge in [-0.15, -0.1) is 0 Å². The summed E-state index contributed by atoms with van der Waals surface area (Å²) < 4.78 is 0. The second-order valence-electron chi connectivity index (χ2n) is 9.87. The molecule has 0 heterocycles. The third kappa shape index (κ3) is 2.92. The van der Waals surface area contributed by atoms with E-state index in [1.165, 1.54) is 19.0 Å². The monoisotopic (exact) mass is 494 g/mol. The van der Waals surface area contributed by atoms with Gasteiger partial charge in [0.25, 0.3) is 5.91 Å². The SMILES string of the molecule is CN(C)[C@H]1C(=O)C(C(N)=O)=C(O)[C@]2(O)C(=O)C3=C(O)c4c(ccc(C5=CC=CC5)c4O)C[C@@H]3[C@@H](O)[C@H]12. The Kier molecular flexibility index (Phi) is 5.26. The van der Waals surface area contributed by atoms with Crippen molar-refractivity contribution in [1.82, 2.24) is 4.90 Å². The van der Waals surface area contributed by atoms with Gasteiger partial charge < -0.3 is 31.3 Å². The zero-order chi connectivity index (χ0) is 26.3. The predicted molar refractivity (Wildman–Crippen MR) is 127 cm³/mol. The summed E-state index contributed by atoms with van der Waals surface area (Å²) in [5, 5.41) is 56.2. The van der Waals surface area contributed by atoms with E-state index < -0.39 is 69.7 Å². The molecular formula is C26H26N2O8. The Morgan fingerprint density at radius 2 is 1.86 bits per heavy atom. The number of carbonyl (C=O) groups is 3. The summed E-state index contributed by atoms with van der Waals surface area (Å²) in [6.45, 7) is 0. The number of nitrogens with zero attached hydrogens (tertiary/aromatic N) is 1. The van der Waals surface area contributed by atoms with Gasteiger partial charge in [0.05, 0.1) is 23.6 Å². The van der Waals surface area contributed by atoms with Crippen LogP contribution in [0.1, 0.15) is 23.1 Å². The first-order valence-corrected chi connectivity index (χ1v) is 11.5. The number of primary amides is 1. The van der Waals surface area contributed by atoms with Crippen LogP contribution in [-0.4, -0.2) is 79.7 Å². The number of hydrogen-bond donors (Lipinski definition) is 6. The largest absolute Gasteiger partial charge is 0.508 e. The number of phenolic OH excluding ortho intramolecular Hbond substituents is 1. The van der Waals surface area contributed by atoms with E-state index in [0.29, 0.717) is 17.5 Å². The number of benzene rings is 1. The Balaban J connectivity index is 1.75. The van der Waals surface area contributed by atoms with Crippen LogP contribution >= 0.6 is 0 Å². The lowest BCUT2D eigenvalue weighted by Crippen LogP contribution is -2.70. The Bertz CT molecular complexity index is 1370. The topological polar surface area (TPSA) is 182 Å². The van der Waals surface area contributed by atoms with Crippen molar-refractivity contribution in [3.8, 4) is 5.75 Å². The molecule has 1 saturated carbocycles. The van der Waals surface area contributed by atoms with E-state index >= 15 is 0 Å². The lowest BCUT2D eigenvalue weighted by Gasteiger charge is -2.52. The van der Waals surface area contributed by atoms with E-state index in [1.54, 1.807) is 12.1 Å². The quantitative estimate of drug-likeness (QED) is 0.322. The average Bonchev–Trinajstić information content (AvgIpc) is 3.33. The third-order valence-corrected chi connectivity index (χ3v) is 7.79. The second-order valence-corrected chi connectivity index (χ2v) is 9.87. The summed E-state index contributed by atoms with van der Waals surface area (Å²) in [7, 11) is 2.93. The van der Waals surface area contributed by atoms with Gasteiger partial charge in [0, 0.05) is 17.1 Å². The Morgan fingerprint density at radius 1 is 1.17 bits per heavy atom. The number of hydrogen-bond acceptors (Lipinski definition) is 9. The second kappa shape index (κ2) is 7.89. The molecule has 0 spiro atoms. The highest BCUT2D eigenvalue weighted by Gasteiger charge is 2.67. The Morgan fingerprint density at radius 3 is 2.44 bits per heavy atom. The fourth-order valence-electron chi connectivity index (χ4n) is 6.14. The number of Topliss-reactive ketones (excluding diaryl/α,β-unsaturated/α-hetero) is 2. The standard InChI is InChI=1S/C26H26N2O8/c1-28(2)18-17-20(30)13-9-11-7-8-12(10-5-3-4-6-10)19(29)14(11)21(31)15(13)23(33)26(17,36)24(34)16(22(18)32)25(27)35/h3-5,7-8,13,17-18,20,29-31,34,36H,6,9H2,1-2H3,(H2,27,35)/t13-,17-,18+,20+,26+/m0/s1. The van der Waals surface area contributed by atoms with Gasteiger partial charge >= 0.3 is 0 Å². The van der Waals surface area contributed by atoms with Crippen molar-refractivity contribution >= 4 is 28.8 Å². The minimum Gasteiger partial charge on any atom is -0.508 e. The molecule has 0 radical (unpaired) electrons. The molecule has 5 rings (SSSR count). The van der Waals surface area contributed by atoms with Gasteiger partial charge in [0.2, 0.25) is 5.78 Å². The van der Waals surface area contributed by atoms with Gasteiger partial charge in [-0.25, -0.2) is 0 Å². The molecule has 1 amide bonds. The van der Waals surface area contributed by atoms with Crippen molar-refractivity contribution in [2.24, 2.45) is 17.6 Å². The highest BCUT2D eigenvalue weighted by molar-refractivity contribution is 6.24. The lowest BCUT2D eigenvalue weighted by molar-refractivity contribution is -0.168. The molecule has 10 nitrogen and oxygen atoms in total. The molecule has 0 saturated heterocycles. The molecule has 0 bridgehead atoms. The van der Waals surface area contributed by atoms with Crippen molar-refractivity contribution in [2.45, 2.75) is 30.6 Å². The number of aliphatic hydroxyl groups excluding tert-OH is 3. The first-order valence-electron chi connectivity index (χ1n) is 11.5. The number of ketones is 2. The minimum absolute atomic E-state index is 0.0104. The smallest absolute Gasteiger partial charge is 0.255 e. The maximum atomic E-state index is 13.8. The highest BCUT2D eigenvalue weighted by atomic mass is 16.4. The average molecular weight is 495 g/mol. The molecule has 5 atom stereocenters. The number of phenols is 1. The van der Waals surface area contributed by atoms with Crippen LogP contribution < -0.4 is 5.73 Å². The van der Waals surface area contributed by atoms with Crippen molar-refractivity contribution < 1.29 is 39.9 Å². The number of likely N-dealkylation sites (N-methyl/N-ethyl adjacent to an activating group) is 1. The van der Waals surface area contributed by atoms with Gasteiger partial charge in [-0.1, -0.05) is 30.4 Å². The van der Waals surface area contributed by atoms with Crippen LogP contribution in [0.4, 0.5) is 0 Å². The summed E-state index contributed by atoms with van der Waals surface area (Å²) in [6, 6.07) is 2.01. The fraction of sp³-hybridized carbons (Fsp3) is 0.346. The van der Waals surface area contributed by atoms with Crippen LogP contribution in [0.5, 0.6) is 5.75 Å². The number of rotatable bonds is 3. The normalized spacial score (nSPS) is 31.4. The van der Waals surface area contributed by atoms with Crippen LogP contribution in [0.25, 0.3) is 11.3 Å². The molecule has 0 aliphatic heterocycles. The van der Waals surface area contributed by atoms with Crippen LogP contribution in [0.2, 0.25) is 0 Å². The zero-order valence-corrected chi connectivity index (χ0v) is 19.6. The van der Waals surface area contributed by atoms with Gasteiger partial charge in [0.1, 0.15) is 22.8 Å². The summed E-state index contributed by atoms with van der Waals surface area (Å²) in [5.41, 5.74) is 2.77. The molecular weight excluding hydrogens is 468 g/mol. The number of aromatic hydroxyl groups is 1. The summed E-state index contributed by atoms with van der Waals surface area (Å²) in [5.74, 6) is -8.20. The third-order valence-electron chi connectivity index (χ3n) is 7.79. The van der Waals surface area contributed by atoms with Crippen molar-refractivity contribution in [3.05, 3.63) is 64.0 Å². The Hall–Kier alpha value is -3.73. The van der Waals surface area contributed by atoms with E-state index in [9.17, 15) is 39.9 Å². The van der Waals surface area contributed by atoms with Gasteiger partial charge in [-0.05, 0) is 38.1 Å². The number of allylic oxidation sites excluding steroid dienone is 4. The number of carbonyl (C=O) groups excluding carboxylic acids is 3. The zero-order valence-electron chi connectivity index (χ0n) is 19.6. The van der Waals surface area contributed by atoms with Crippen molar-refractivity contribution in [1.29, 1.82) is 0 Å². The molecule has 4 aliphatic carbocycles.